The summed E-state index contributed by atoms with van der Waals surface area (Å²) >= 11 is 0. The fourth-order valence-corrected chi connectivity index (χ4v) is 4.15. The van der Waals surface area contributed by atoms with Gasteiger partial charge in [-0.2, -0.15) is 0 Å². The molecule has 1 aliphatic carbocycles. The van der Waals surface area contributed by atoms with Gasteiger partial charge in [0.2, 0.25) is 5.91 Å². The molecule has 0 radical (unpaired) electrons. The van der Waals surface area contributed by atoms with Crippen LogP contribution in [0.1, 0.15) is 43.5 Å². The lowest BCUT2D eigenvalue weighted by molar-refractivity contribution is -0.125. The SMILES string of the molecule is Cc1nc2ccccn2c1CN1CC[C@H](C(=O)NC2CCCC2)C1. The number of aromatic nitrogens is 2. The highest BCUT2D eigenvalue weighted by atomic mass is 16.2. The van der Waals surface area contributed by atoms with Crippen LogP contribution in [0.15, 0.2) is 24.4 Å². The van der Waals surface area contributed by atoms with Gasteiger partial charge in [0.25, 0.3) is 0 Å². The van der Waals surface area contributed by atoms with Gasteiger partial charge < -0.3 is 9.72 Å². The number of amides is 1. The van der Waals surface area contributed by atoms with E-state index < -0.39 is 0 Å². The second kappa shape index (κ2) is 6.55. The highest BCUT2D eigenvalue weighted by Gasteiger charge is 2.30. The van der Waals surface area contributed by atoms with E-state index in [1.165, 1.54) is 18.5 Å². The first-order valence-corrected chi connectivity index (χ1v) is 9.16. The molecule has 3 heterocycles. The van der Waals surface area contributed by atoms with Gasteiger partial charge in [-0.3, -0.25) is 9.69 Å². The Bertz CT molecular complexity index is 732. The molecule has 1 atom stereocenters. The fourth-order valence-electron chi connectivity index (χ4n) is 4.15. The normalized spacial score (nSPS) is 22.5. The molecule has 1 N–H and O–H groups in total. The van der Waals surface area contributed by atoms with Gasteiger partial charge in [0.1, 0.15) is 5.65 Å². The molecule has 1 saturated carbocycles. The van der Waals surface area contributed by atoms with E-state index in [-0.39, 0.29) is 11.8 Å². The topological polar surface area (TPSA) is 49.6 Å². The number of pyridine rings is 1. The third kappa shape index (κ3) is 3.05. The van der Waals surface area contributed by atoms with Crippen molar-refractivity contribution in [3.05, 3.63) is 35.8 Å². The summed E-state index contributed by atoms with van der Waals surface area (Å²) in [7, 11) is 0. The Balaban J connectivity index is 1.39. The van der Waals surface area contributed by atoms with Gasteiger partial charge in [-0.15, -0.1) is 0 Å². The molecule has 2 aromatic heterocycles. The molecule has 2 aliphatic rings. The zero-order chi connectivity index (χ0) is 16.5. The van der Waals surface area contributed by atoms with Crippen molar-refractivity contribution in [3.8, 4) is 0 Å². The molecule has 0 aromatic carbocycles. The van der Waals surface area contributed by atoms with E-state index in [9.17, 15) is 4.79 Å². The summed E-state index contributed by atoms with van der Waals surface area (Å²) in [6.45, 7) is 4.78. The van der Waals surface area contributed by atoms with Gasteiger partial charge >= 0.3 is 0 Å². The van der Waals surface area contributed by atoms with Crippen molar-refractivity contribution in [3.63, 3.8) is 0 Å². The minimum absolute atomic E-state index is 0.144. The van der Waals surface area contributed by atoms with Crippen LogP contribution in [0.5, 0.6) is 0 Å². The van der Waals surface area contributed by atoms with Crippen molar-refractivity contribution >= 4 is 11.6 Å². The Morgan fingerprint density at radius 2 is 2.12 bits per heavy atom. The van der Waals surface area contributed by atoms with E-state index in [1.807, 2.05) is 18.2 Å². The van der Waals surface area contributed by atoms with Crippen molar-refractivity contribution in [1.82, 2.24) is 19.6 Å². The van der Waals surface area contributed by atoms with Crippen LogP contribution in [0.3, 0.4) is 0 Å². The monoisotopic (exact) mass is 326 g/mol. The molecule has 1 amide bonds. The van der Waals surface area contributed by atoms with Crippen LogP contribution < -0.4 is 5.32 Å². The summed E-state index contributed by atoms with van der Waals surface area (Å²) in [6, 6.07) is 6.52. The Morgan fingerprint density at radius 1 is 1.29 bits per heavy atom. The van der Waals surface area contributed by atoms with Crippen LogP contribution in [0, 0.1) is 12.8 Å². The predicted octanol–water partition coefficient (Wildman–Crippen LogP) is 2.52. The average Bonchev–Trinajstić information content (AvgIpc) is 3.29. The Labute approximate surface area is 143 Å². The number of fused-ring (bicyclic) bond motifs is 1. The van der Waals surface area contributed by atoms with Crippen molar-refractivity contribution in [2.24, 2.45) is 5.92 Å². The number of hydrogen-bond donors (Lipinski definition) is 1. The molecule has 5 heteroatoms. The number of carbonyl (C=O) groups excluding carboxylic acids is 1. The Morgan fingerprint density at radius 3 is 2.96 bits per heavy atom. The van der Waals surface area contributed by atoms with Gasteiger partial charge in [0.15, 0.2) is 0 Å². The molecule has 5 nitrogen and oxygen atoms in total. The number of imidazole rings is 1. The maximum atomic E-state index is 12.5. The van der Waals surface area contributed by atoms with E-state index >= 15 is 0 Å². The first-order valence-electron chi connectivity index (χ1n) is 9.16. The summed E-state index contributed by atoms with van der Waals surface area (Å²) in [6.07, 6.45) is 7.87. The number of aryl methyl sites for hydroxylation is 1. The molecular weight excluding hydrogens is 300 g/mol. The summed E-state index contributed by atoms with van der Waals surface area (Å²) in [4.78, 5) is 19.5. The van der Waals surface area contributed by atoms with Crippen LogP contribution in [-0.4, -0.2) is 39.3 Å². The second-order valence-electron chi connectivity index (χ2n) is 7.28. The molecule has 4 rings (SSSR count). The molecule has 24 heavy (non-hydrogen) atoms. The minimum Gasteiger partial charge on any atom is -0.353 e. The minimum atomic E-state index is 0.144. The quantitative estimate of drug-likeness (QED) is 0.939. The molecular formula is C19H26N4O. The summed E-state index contributed by atoms with van der Waals surface area (Å²) < 4.78 is 2.17. The highest BCUT2D eigenvalue weighted by molar-refractivity contribution is 5.79. The molecule has 0 bridgehead atoms. The standard InChI is InChI=1S/C19H26N4O/c1-14-17(23-10-5-4-8-18(23)20-14)13-22-11-9-15(12-22)19(24)21-16-6-2-3-7-16/h4-5,8,10,15-16H,2-3,6-7,9,11-13H2,1H3,(H,21,24)/t15-/m0/s1. The lowest BCUT2D eigenvalue weighted by atomic mass is 10.1. The van der Waals surface area contributed by atoms with E-state index in [0.717, 1.165) is 50.2 Å². The Hall–Kier alpha value is -1.88. The van der Waals surface area contributed by atoms with Gasteiger partial charge in [0, 0.05) is 25.3 Å². The van der Waals surface area contributed by atoms with Gasteiger partial charge in [-0.1, -0.05) is 18.9 Å². The maximum absolute atomic E-state index is 12.5. The number of hydrogen-bond acceptors (Lipinski definition) is 3. The zero-order valence-corrected chi connectivity index (χ0v) is 14.4. The number of carbonyl (C=O) groups is 1. The molecule has 0 spiro atoms. The predicted molar refractivity (Wildman–Crippen MR) is 93.7 cm³/mol. The van der Waals surface area contributed by atoms with Gasteiger partial charge in [-0.25, -0.2) is 4.98 Å². The first-order chi connectivity index (χ1) is 11.7. The van der Waals surface area contributed by atoms with Crippen molar-refractivity contribution < 1.29 is 4.79 Å². The lowest BCUT2D eigenvalue weighted by Crippen LogP contribution is -2.38. The molecule has 2 fully saturated rings. The summed E-state index contributed by atoms with van der Waals surface area (Å²) in [5.41, 5.74) is 3.32. The van der Waals surface area contributed by atoms with Crippen LogP contribution in [-0.2, 0) is 11.3 Å². The van der Waals surface area contributed by atoms with Crippen molar-refractivity contribution in [2.45, 2.75) is 51.6 Å². The third-order valence-electron chi connectivity index (χ3n) is 5.55. The smallest absolute Gasteiger partial charge is 0.224 e. The van der Waals surface area contributed by atoms with Crippen LogP contribution in [0.4, 0.5) is 0 Å². The van der Waals surface area contributed by atoms with E-state index in [0.29, 0.717) is 6.04 Å². The molecule has 128 valence electrons. The maximum Gasteiger partial charge on any atom is 0.224 e. The van der Waals surface area contributed by atoms with Crippen LogP contribution in [0.25, 0.3) is 5.65 Å². The van der Waals surface area contributed by atoms with E-state index in [2.05, 4.69) is 32.7 Å². The van der Waals surface area contributed by atoms with Gasteiger partial charge in [0.05, 0.1) is 17.3 Å². The Kier molecular flexibility index (Phi) is 4.27. The van der Waals surface area contributed by atoms with Crippen molar-refractivity contribution in [2.75, 3.05) is 13.1 Å². The number of likely N-dealkylation sites (tertiary alicyclic amines) is 1. The molecule has 0 unspecified atom stereocenters. The van der Waals surface area contributed by atoms with E-state index in [4.69, 9.17) is 0 Å². The first kappa shape index (κ1) is 15.6. The average molecular weight is 326 g/mol. The fraction of sp³-hybridized carbons (Fsp3) is 0.579. The van der Waals surface area contributed by atoms with Gasteiger partial charge in [-0.05, 0) is 44.9 Å². The largest absolute Gasteiger partial charge is 0.353 e. The second-order valence-corrected chi connectivity index (χ2v) is 7.28. The summed E-state index contributed by atoms with van der Waals surface area (Å²) in [5, 5.41) is 3.26. The number of nitrogens with one attached hydrogen (secondary N) is 1. The number of nitrogens with zero attached hydrogens (tertiary/aromatic N) is 3. The highest BCUT2D eigenvalue weighted by Crippen LogP contribution is 2.23. The lowest BCUT2D eigenvalue weighted by Gasteiger charge is -2.18. The zero-order valence-electron chi connectivity index (χ0n) is 14.4. The van der Waals surface area contributed by atoms with Crippen LogP contribution >= 0.6 is 0 Å². The molecule has 2 aromatic rings. The molecule has 1 saturated heterocycles. The third-order valence-corrected chi connectivity index (χ3v) is 5.55. The summed E-state index contributed by atoms with van der Waals surface area (Å²) in [5.74, 6) is 0.407. The van der Waals surface area contributed by atoms with E-state index in [1.54, 1.807) is 0 Å². The van der Waals surface area contributed by atoms with Crippen molar-refractivity contribution in [1.29, 1.82) is 0 Å². The van der Waals surface area contributed by atoms with Crippen LogP contribution in [0.2, 0.25) is 0 Å². The molecule has 1 aliphatic heterocycles. The number of rotatable bonds is 4.